The Labute approximate surface area is 148 Å². The molecule has 0 amide bonds. The number of carbonyl (C=O) groups is 1. The van der Waals surface area contributed by atoms with Crippen molar-refractivity contribution in [3.05, 3.63) is 24.3 Å². The average Bonchev–Trinajstić information content (AvgIpc) is 2.59. The zero-order valence-electron chi connectivity index (χ0n) is 13.7. The summed E-state index contributed by atoms with van der Waals surface area (Å²) in [7, 11) is -3.47. The van der Waals surface area contributed by atoms with Crippen LogP contribution in [-0.2, 0) is 14.8 Å². The van der Waals surface area contributed by atoms with Crippen molar-refractivity contribution in [3.8, 4) is 5.75 Å². The fourth-order valence-corrected chi connectivity index (χ4v) is 3.98. The Hall–Kier alpha value is -1.85. The number of alkyl halides is 3. The van der Waals surface area contributed by atoms with Crippen molar-refractivity contribution >= 4 is 16.0 Å². The molecule has 0 radical (unpaired) electrons. The van der Waals surface area contributed by atoms with Gasteiger partial charge in [0.25, 0.3) is 0 Å². The van der Waals surface area contributed by atoms with Gasteiger partial charge in [0.2, 0.25) is 10.0 Å². The van der Waals surface area contributed by atoms with Gasteiger partial charge in [-0.3, -0.25) is 0 Å². The van der Waals surface area contributed by atoms with Gasteiger partial charge in [-0.25, -0.2) is 17.9 Å². The van der Waals surface area contributed by atoms with Crippen LogP contribution in [-0.4, -0.2) is 51.9 Å². The van der Waals surface area contributed by atoms with Gasteiger partial charge in [0.15, 0.2) is 0 Å². The third-order valence-electron chi connectivity index (χ3n) is 4.22. The summed E-state index contributed by atoms with van der Waals surface area (Å²) >= 11 is 0. The lowest BCUT2D eigenvalue weighted by molar-refractivity contribution is -0.192. The van der Waals surface area contributed by atoms with Crippen LogP contribution >= 0.6 is 0 Å². The molecule has 2 heterocycles. The summed E-state index contributed by atoms with van der Waals surface area (Å²) in [5.74, 6) is -2.31. The lowest BCUT2D eigenvalue weighted by atomic mass is 9.80. The number of piperidine rings is 1. The van der Waals surface area contributed by atoms with E-state index in [0.29, 0.717) is 18.9 Å². The van der Waals surface area contributed by atoms with E-state index in [-0.39, 0.29) is 10.3 Å². The first-order valence-electron chi connectivity index (χ1n) is 7.78. The number of carboxylic acids is 1. The Morgan fingerprint density at radius 1 is 1.19 bits per heavy atom. The maximum absolute atomic E-state index is 12.3. The molecular weight excluding hydrogens is 377 g/mol. The third-order valence-corrected chi connectivity index (χ3v) is 5.66. The van der Waals surface area contributed by atoms with E-state index in [9.17, 15) is 21.6 Å². The average molecular weight is 396 g/mol. The van der Waals surface area contributed by atoms with Gasteiger partial charge >= 0.3 is 12.1 Å². The van der Waals surface area contributed by atoms with E-state index in [1.165, 1.54) is 0 Å². The van der Waals surface area contributed by atoms with Crippen molar-refractivity contribution in [2.24, 2.45) is 5.41 Å². The number of rotatable bonds is 0. The normalized spacial score (nSPS) is 21.2. The molecule has 0 aliphatic carbocycles. The molecular formula is C15H19F3N2O5S. The fraction of sp³-hybridized carbons (Fsp3) is 0.533. The molecule has 2 aliphatic heterocycles. The molecule has 0 aromatic heterocycles. The number of fused-ring (bicyclic) bond motifs is 1. The first-order valence-corrected chi connectivity index (χ1v) is 9.26. The molecule has 0 atom stereocenters. The van der Waals surface area contributed by atoms with Crippen LogP contribution in [0.25, 0.3) is 0 Å². The molecule has 2 aliphatic rings. The van der Waals surface area contributed by atoms with Gasteiger partial charge in [-0.15, -0.1) is 0 Å². The van der Waals surface area contributed by atoms with Crippen molar-refractivity contribution in [1.82, 2.24) is 10.0 Å². The van der Waals surface area contributed by atoms with Crippen LogP contribution in [0.2, 0.25) is 0 Å². The van der Waals surface area contributed by atoms with E-state index in [2.05, 4.69) is 10.0 Å². The second-order valence-corrected chi connectivity index (χ2v) is 7.85. The Morgan fingerprint density at radius 2 is 1.77 bits per heavy atom. The van der Waals surface area contributed by atoms with Gasteiger partial charge in [-0.2, -0.15) is 13.2 Å². The summed E-state index contributed by atoms with van der Waals surface area (Å²) in [4.78, 5) is 9.13. The van der Waals surface area contributed by atoms with Crippen LogP contribution in [0, 0.1) is 5.41 Å². The summed E-state index contributed by atoms with van der Waals surface area (Å²) in [5.41, 5.74) is -0.0914. The molecule has 1 saturated heterocycles. The highest BCUT2D eigenvalue weighted by molar-refractivity contribution is 7.89. The third kappa shape index (κ3) is 5.08. The largest absolute Gasteiger partial charge is 0.492 e. The summed E-state index contributed by atoms with van der Waals surface area (Å²) in [6.07, 6.45) is -3.23. The zero-order chi connectivity index (χ0) is 19.4. The lowest BCUT2D eigenvalue weighted by Gasteiger charge is -2.38. The first-order chi connectivity index (χ1) is 12.1. The van der Waals surface area contributed by atoms with Crippen molar-refractivity contribution in [3.63, 3.8) is 0 Å². The molecule has 11 heteroatoms. The minimum absolute atomic E-state index is 0.0914. The van der Waals surface area contributed by atoms with Gasteiger partial charge < -0.3 is 15.2 Å². The number of hydrogen-bond donors (Lipinski definition) is 3. The number of ether oxygens (including phenoxy) is 1. The number of carboxylic acid groups (broad SMARTS) is 1. The zero-order valence-corrected chi connectivity index (χ0v) is 14.5. The Balaban J connectivity index is 0.000000298. The predicted molar refractivity (Wildman–Crippen MR) is 85.4 cm³/mol. The van der Waals surface area contributed by atoms with E-state index in [0.717, 1.165) is 25.9 Å². The van der Waals surface area contributed by atoms with Gasteiger partial charge in [0.1, 0.15) is 10.6 Å². The van der Waals surface area contributed by atoms with Gasteiger partial charge in [-0.05, 0) is 38.1 Å². The predicted octanol–water partition coefficient (Wildman–Crippen LogP) is 1.36. The molecule has 0 saturated carbocycles. The van der Waals surface area contributed by atoms with Crippen LogP contribution in [0.4, 0.5) is 13.2 Å². The summed E-state index contributed by atoms with van der Waals surface area (Å²) in [6, 6.07) is 6.81. The number of halogens is 3. The Morgan fingerprint density at radius 3 is 2.35 bits per heavy atom. The van der Waals surface area contributed by atoms with Crippen molar-refractivity contribution in [1.29, 1.82) is 0 Å². The molecule has 0 unspecified atom stereocenters. The number of hydrogen-bond acceptors (Lipinski definition) is 5. The van der Waals surface area contributed by atoms with E-state index < -0.39 is 22.2 Å². The topological polar surface area (TPSA) is 105 Å². The molecule has 7 nitrogen and oxygen atoms in total. The van der Waals surface area contributed by atoms with Crippen molar-refractivity contribution in [2.75, 3.05) is 26.2 Å². The monoisotopic (exact) mass is 396 g/mol. The molecule has 1 fully saturated rings. The molecule has 3 rings (SSSR count). The van der Waals surface area contributed by atoms with E-state index >= 15 is 0 Å². The highest BCUT2D eigenvalue weighted by Gasteiger charge is 2.38. The van der Waals surface area contributed by atoms with Crippen LogP contribution in [0.15, 0.2) is 29.2 Å². The fourth-order valence-electron chi connectivity index (χ4n) is 2.68. The highest BCUT2D eigenvalue weighted by Crippen LogP contribution is 2.34. The van der Waals surface area contributed by atoms with E-state index in [1.807, 2.05) is 0 Å². The maximum atomic E-state index is 12.3. The van der Waals surface area contributed by atoms with Crippen molar-refractivity contribution < 1.29 is 36.2 Å². The van der Waals surface area contributed by atoms with Crippen LogP contribution in [0.1, 0.15) is 12.8 Å². The molecule has 26 heavy (non-hydrogen) atoms. The highest BCUT2D eigenvalue weighted by atomic mass is 32.2. The van der Waals surface area contributed by atoms with Gasteiger partial charge in [-0.1, -0.05) is 12.1 Å². The number of sulfonamides is 1. The molecule has 1 aromatic rings. The summed E-state index contributed by atoms with van der Waals surface area (Å²) < 4.78 is 64.8. The maximum Gasteiger partial charge on any atom is 0.490 e. The van der Waals surface area contributed by atoms with Gasteiger partial charge in [0.05, 0.1) is 6.61 Å². The van der Waals surface area contributed by atoms with Crippen LogP contribution in [0.5, 0.6) is 5.75 Å². The molecule has 3 N–H and O–H groups in total. The van der Waals surface area contributed by atoms with Gasteiger partial charge in [0, 0.05) is 12.0 Å². The quantitative estimate of drug-likeness (QED) is 0.612. The van der Waals surface area contributed by atoms with Crippen molar-refractivity contribution in [2.45, 2.75) is 23.9 Å². The standard InChI is InChI=1S/C13H18N2O3S.C2HF3O2/c16-19(17)12-4-2-1-3-11(12)18-10-13(9-15-19)5-7-14-8-6-13;3-2(4,5)1(6)7/h1-4,14-15H,5-10H2;(H,6,7). The van der Waals surface area contributed by atoms with E-state index in [1.54, 1.807) is 24.3 Å². The Kier molecular flexibility index (Phi) is 6.14. The smallest absolute Gasteiger partial charge is 0.490 e. The second-order valence-electron chi connectivity index (χ2n) is 6.11. The molecule has 0 bridgehead atoms. The number of benzene rings is 1. The Bertz CT molecular complexity index is 746. The van der Waals surface area contributed by atoms with Crippen LogP contribution < -0.4 is 14.8 Å². The summed E-state index contributed by atoms with van der Waals surface area (Å²) in [5, 5.41) is 10.4. The SMILES string of the molecule is O=C(O)C(F)(F)F.O=S1(=O)NCC2(CCNCC2)COc2ccccc21. The van der Waals surface area contributed by atoms with E-state index in [4.69, 9.17) is 14.6 Å². The lowest BCUT2D eigenvalue weighted by Crippen LogP contribution is -2.49. The number of para-hydroxylation sites is 1. The molecule has 1 spiro atoms. The molecule has 146 valence electrons. The first kappa shape index (κ1) is 20.5. The van der Waals surface area contributed by atoms with Crippen LogP contribution in [0.3, 0.4) is 0 Å². The molecule has 1 aromatic carbocycles. The summed E-state index contributed by atoms with van der Waals surface area (Å²) in [6.45, 7) is 2.83. The second kappa shape index (κ2) is 7.80. The number of nitrogens with one attached hydrogen (secondary N) is 2. The number of aliphatic carboxylic acids is 1. The minimum Gasteiger partial charge on any atom is -0.492 e. The minimum atomic E-state index is -5.08.